The molecule has 0 amide bonds. The number of hydrogen-bond donors (Lipinski definition) is 2. The van der Waals surface area contributed by atoms with Gasteiger partial charge < -0.3 is 5.32 Å². The van der Waals surface area contributed by atoms with Crippen molar-refractivity contribution >= 4 is 45.4 Å². The van der Waals surface area contributed by atoms with Gasteiger partial charge in [0, 0.05) is 6.54 Å². The fourth-order valence-electron chi connectivity index (χ4n) is 1.96. The van der Waals surface area contributed by atoms with Crippen molar-refractivity contribution in [2.24, 2.45) is 5.92 Å². The number of aryl methyl sites for hydroxylation is 1. The summed E-state index contributed by atoms with van der Waals surface area (Å²) in [4.78, 5) is 0. The highest BCUT2D eigenvalue weighted by molar-refractivity contribution is 7.91. The van der Waals surface area contributed by atoms with Crippen molar-refractivity contribution in [3.05, 3.63) is 16.0 Å². The van der Waals surface area contributed by atoms with Crippen LogP contribution < -0.4 is 10.0 Å². The topological polar surface area (TPSA) is 58.2 Å². The molecule has 0 saturated carbocycles. The van der Waals surface area contributed by atoms with E-state index in [1.54, 1.807) is 6.07 Å². The number of piperidine rings is 1. The molecule has 110 valence electrons. The van der Waals surface area contributed by atoms with Crippen LogP contribution in [-0.2, 0) is 10.0 Å². The monoisotopic (exact) mass is 344 g/mol. The first-order chi connectivity index (χ1) is 8.49. The molecule has 1 aliphatic heterocycles. The van der Waals surface area contributed by atoms with E-state index in [1.807, 2.05) is 6.92 Å². The average Bonchev–Trinajstić information content (AvgIpc) is 2.70. The second-order valence-corrected chi connectivity index (χ2v) is 8.23. The third-order valence-corrected chi connectivity index (χ3v) is 6.51. The molecule has 2 rings (SSSR count). The van der Waals surface area contributed by atoms with Crippen LogP contribution in [0.15, 0.2) is 10.3 Å². The van der Waals surface area contributed by atoms with Crippen molar-refractivity contribution in [3.8, 4) is 0 Å². The number of nitrogens with one attached hydrogen (secondary N) is 2. The van der Waals surface area contributed by atoms with Gasteiger partial charge in [0.2, 0.25) is 10.0 Å². The highest BCUT2D eigenvalue weighted by Gasteiger charge is 2.21. The van der Waals surface area contributed by atoms with Crippen molar-refractivity contribution in [2.75, 3.05) is 19.6 Å². The molecule has 19 heavy (non-hydrogen) atoms. The van der Waals surface area contributed by atoms with Gasteiger partial charge in [0.25, 0.3) is 0 Å². The lowest BCUT2D eigenvalue weighted by Crippen LogP contribution is -2.37. The summed E-state index contributed by atoms with van der Waals surface area (Å²) in [5.74, 6) is 0.380. The largest absolute Gasteiger partial charge is 0.316 e. The SMILES string of the molecule is Cc1cc(S(=O)(=O)NCC2CCCNC2)sc1Cl.Cl. The van der Waals surface area contributed by atoms with E-state index in [0.717, 1.165) is 42.8 Å². The molecule has 0 aliphatic carbocycles. The van der Waals surface area contributed by atoms with Gasteiger partial charge in [0.15, 0.2) is 0 Å². The van der Waals surface area contributed by atoms with E-state index < -0.39 is 10.0 Å². The maximum atomic E-state index is 12.1. The van der Waals surface area contributed by atoms with Crippen molar-refractivity contribution in [1.29, 1.82) is 0 Å². The summed E-state index contributed by atoms with van der Waals surface area (Å²) in [6.07, 6.45) is 2.18. The summed E-state index contributed by atoms with van der Waals surface area (Å²) >= 11 is 7.01. The van der Waals surface area contributed by atoms with Crippen LogP contribution in [0.2, 0.25) is 4.34 Å². The maximum absolute atomic E-state index is 12.1. The Labute approximate surface area is 129 Å². The van der Waals surface area contributed by atoms with Crippen molar-refractivity contribution in [1.82, 2.24) is 10.0 Å². The van der Waals surface area contributed by atoms with Crippen LogP contribution in [0.25, 0.3) is 0 Å². The van der Waals surface area contributed by atoms with Gasteiger partial charge in [-0.25, -0.2) is 13.1 Å². The molecule has 1 atom stereocenters. The third kappa shape index (κ3) is 4.58. The Morgan fingerprint density at radius 1 is 1.58 bits per heavy atom. The number of hydrogen-bond acceptors (Lipinski definition) is 4. The maximum Gasteiger partial charge on any atom is 0.250 e. The fourth-order valence-corrected chi connectivity index (χ4v) is 4.83. The predicted octanol–water partition coefficient (Wildman–Crippen LogP) is 2.41. The minimum absolute atomic E-state index is 0. The first-order valence-corrected chi connectivity index (χ1v) is 8.63. The van der Waals surface area contributed by atoms with Gasteiger partial charge in [0.05, 0.1) is 4.34 Å². The van der Waals surface area contributed by atoms with Crippen LogP contribution in [0.3, 0.4) is 0 Å². The Bertz CT molecular complexity index is 491. The summed E-state index contributed by atoms with van der Waals surface area (Å²) in [6, 6.07) is 1.62. The van der Waals surface area contributed by atoms with Crippen LogP contribution in [0, 0.1) is 12.8 Å². The molecule has 1 aliphatic rings. The number of rotatable bonds is 4. The molecule has 1 aromatic rings. The summed E-state index contributed by atoms with van der Waals surface area (Å²) in [6.45, 7) is 4.21. The van der Waals surface area contributed by atoms with Crippen LogP contribution in [0.4, 0.5) is 0 Å². The zero-order chi connectivity index (χ0) is 13.2. The summed E-state index contributed by atoms with van der Waals surface area (Å²) in [5.41, 5.74) is 0.807. The molecule has 2 heterocycles. The first kappa shape index (κ1) is 17.2. The van der Waals surface area contributed by atoms with Gasteiger partial charge in [0.1, 0.15) is 4.21 Å². The van der Waals surface area contributed by atoms with E-state index in [1.165, 1.54) is 0 Å². The lowest BCUT2D eigenvalue weighted by atomic mass is 10.0. The van der Waals surface area contributed by atoms with Crippen LogP contribution >= 0.6 is 35.3 Å². The van der Waals surface area contributed by atoms with Gasteiger partial charge >= 0.3 is 0 Å². The Kier molecular flexibility index (Phi) is 6.56. The highest BCUT2D eigenvalue weighted by atomic mass is 35.5. The number of thiophene rings is 1. The number of halogens is 2. The molecule has 4 nitrogen and oxygen atoms in total. The molecule has 0 radical (unpaired) electrons. The summed E-state index contributed by atoms with van der Waals surface area (Å²) in [7, 11) is -3.41. The second-order valence-electron chi connectivity index (χ2n) is 4.59. The molecule has 1 fully saturated rings. The van der Waals surface area contributed by atoms with Gasteiger partial charge in [-0.1, -0.05) is 11.6 Å². The Morgan fingerprint density at radius 3 is 2.84 bits per heavy atom. The minimum atomic E-state index is -3.41. The number of sulfonamides is 1. The molecule has 0 bridgehead atoms. The van der Waals surface area contributed by atoms with Gasteiger partial charge in [-0.15, -0.1) is 23.7 Å². The smallest absolute Gasteiger partial charge is 0.250 e. The molecular formula is C11H18Cl2N2O2S2. The normalized spacial score (nSPS) is 20.0. The second kappa shape index (κ2) is 7.24. The van der Waals surface area contributed by atoms with Crippen LogP contribution in [0.5, 0.6) is 0 Å². The average molecular weight is 345 g/mol. The Hall–Kier alpha value is 0.150. The first-order valence-electron chi connectivity index (χ1n) is 5.95. The van der Waals surface area contributed by atoms with E-state index in [-0.39, 0.29) is 12.4 Å². The summed E-state index contributed by atoms with van der Waals surface area (Å²) in [5, 5.41) is 3.27. The molecule has 8 heteroatoms. The standard InChI is InChI=1S/C11H17ClN2O2S2.ClH/c1-8-5-10(17-11(8)12)18(15,16)14-7-9-3-2-4-13-6-9;/h5,9,13-14H,2-4,6-7H2,1H3;1H. The quantitative estimate of drug-likeness (QED) is 0.881. The van der Waals surface area contributed by atoms with E-state index in [0.29, 0.717) is 21.0 Å². The Balaban J connectivity index is 0.00000180. The zero-order valence-electron chi connectivity index (χ0n) is 10.6. The van der Waals surface area contributed by atoms with Gasteiger partial charge in [-0.05, 0) is 50.4 Å². The van der Waals surface area contributed by atoms with E-state index in [2.05, 4.69) is 10.0 Å². The van der Waals surface area contributed by atoms with Crippen molar-refractivity contribution < 1.29 is 8.42 Å². The molecule has 0 aromatic carbocycles. The Morgan fingerprint density at radius 2 is 2.32 bits per heavy atom. The lowest BCUT2D eigenvalue weighted by Gasteiger charge is -2.22. The van der Waals surface area contributed by atoms with Crippen molar-refractivity contribution in [2.45, 2.75) is 24.0 Å². The summed E-state index contributed by atoms with van der Waals surface area (Å²) < 4.78 is 27.6. The minimum Gasteiger partial charge on any atom is -0.316 e. The van der Waals surface area contributed by atoms with E-state index in [9.17, 15) is 8.42 Å². The fraction of sp³-hybridized carbons (Fsp3) is 0.636. The van der Waals surface area contributed by atoms with E-state index >= 15 is 0 Å². The van der Waals surface area contributed by atoms with Gasteiger partial charge in [-0.3, -0.25) is 0 Å². The lowest BCUT2D eigenvalue weighted by molar-refractivity contribution is 0.376. The molecule has 1 saturated heterocycles. The predicted molar refractivity (Wildman–Crippen MR) is 82.1 cm³/mol. The molecule has 0 spiro atoms. The zero-order valence-corrected chi connectivity index (χ0v) is 13.8. The molecule has 1 aromatic heterocycles. The molecule has 1 unspecified atom stereocenters. The van der Waals surface area contributed by atoms with Gasteiger partial charge in [-0.2, -0.15) is 0 Å². The van der Waals surface area contributed by atoms with Crippen molar-refractivity contribution in [3.63, 3.8) is 0 Å². The van der Waals surface area contributed by atoms with Crippen LogP contribution in [-0.4, -0.2) is 28.1 Å². The molecule has 2 N–H and O–H groups in total. The third-order valence-electron chi connectivity index (χ3n) is 3.06. The highest BCUT2D eigenvalue weighted by Crippen LogP contribution is 2.29. The van der Waals surface area contributed by atoms with E-state index in [4.69, 9.17) is 11.6 Å². The van der Waals surface area contributed by atoms with Crippen LogP contribution in [0.1, 0.15) is 18.4 Å². The molecular weight excluding hydrogens is 327 g/mol.